The Labute approximate surface area is 200 Å². The van der Waals surface area contributed by atoms with Gasteiger partial charge in [0, 0.05) is 22.7 Å². The highest BCUT2D eigenvalue weighted by Crippen LogP contribution is 2.29. The van der Waals surface area contributed by atoms with Crippen molar-refractivity contribution < 1.29 is 9.59 Å². The van der Waals surface area contributed by atoms with E-state index in [9.17, 15) is 9.59 Å². The SMILES string of the molecule is CC(=O)Pc1ncc(-c2ccc(-c3ccc4cc(-c5cnc(PC(C)=O)[nH]5)ccc4c3)cc2)[nH]1. The number of rotatable bonds is 7. The summed E-state index contributed by atoms with van der Waals surface area (Å²) in [6.07, 6.45) is 3.56. The molecule has 0 fully saturated rings. The molecule has 5 aromatic rings. The number of benzene rings is 3. The van der Waals surface area contributed by atoms with Gasteiger partial charge in [-0.05, 0) is 53.4 Å². The monoisotopic (exact) mass is 484 g/mol. The molecule has 0 spiro atoms. The fraction of sp³-hybridized carbons (Fsp3) is 0.0769. The van der Waals surface area contributed by atoms with Crippen molar-refractivity contribution in [3.05, 3.63) is 73.1 Å². The Kier molecular flexibility index (Phi) is 6.19. The van der Waals surface area contributed by atoms with Crippen LogP contribution < -0.4 is 11.1 Å². The van der Waals surface area contributed by atoms with E-state index in [2.05, 4.69) is 80.6 Å². The largest absolute Gasteiger partial charge is 0.338 e. The van der Waals surface area contributed by atoms with Crippen LogP contribution in [0, 0.1) is 0 Å². The van der Waals surface area contributed by atoms with Crippen LogP contribution in [0.15, 0.2) is 73.1 Å². The molecule has 0 amide bonds. The van der Waals surface area contributed by atoms with E-state index in [1.54, 1.807) is 26.2 Å². The van der Waals surface area contributed by atoms with E-state index >= 15 is 0 Å². The highest BCUT2D eigenvalue weighted by molar-refractivity contribution is 7.64. The van der Waals surface area contributed by atoms with Crippen LogP contribution in [0.25, 0.3) is 44.4 Å². The molecule has 2 atom stereocenters. The zero-order valence-electron chi connectivity index (χ0n) is 18.6. The molecule has 5 rings (SSSR count). The van der Waals surface area contributed by atoms with Gasteiger partial charge in [-0.25, -0.2) is 9.97 Å². The Hall–Kier alpha value is -3.46. The third-order valence-corrected chi connectivity index (χ3v) is 7.11. The summed E-state index contributed by atoms with van der Waals surface area (Å²) in [7, 11) is 0.113. The van der Waals surface area contributed by atoms with Crippen molar-refractivity contribution in [2.24, 2.45) is 0 Å². The number of fused-ring (bicyclic) bond motifs is 1. The molecule has 2 aromatic heterocycles. The van der Waals surface area contributed by atoms with E-state index in [1.165, 1.54) is 0 Å². The Bertz CT molecular complexity index is 1520. The average molecular weight is 484 g/mol. The van der Waals surface area contributed by atoms with Gasteiger partial charge < -0.3 is 9.97 Å². The Balaban J connectivity index is 1.37. The second kappa shape index (κ2) is 9.42. The molecule has 0 bridgehead atoms. The summed E-state index contributed by atoms with van der Waals surface area (Å²) in [5.41, 5.74) is 7.82. The van der Waals surface area contributed by atoms with Crippen molar-refractivity contribution >= 4 is 50.1 Å². The van der Waals surface area contributed by atoms with E-state index in [4.69, 9.17) is 0 Å². The third kappa shape index (κ3) is 4.89. The topological polar surface area (TPSA) is 91.5 Å². The van der Waals surface area contributed by atoms with Gasteiger partial charge >= 0.3 is 0 Å². The maximum atomic E-state index is 11.3. The summed E-state index contributed by atoms with van der Waals surface area (Å²) in [5.74, 6) is 0. The van der Waals surface area contributed by atoms with Gasteiger partial charge in [-0.3, -0.25) is 9.59 Å². The first-order chi connectivity index (χ1) is 16.4. The average Bonchev–Trinajstić information content (AvgIpc) is 3.47. The summed E-state index contributed by atoms with van der Waals surface area (Å²) in [5, 5.41) is 2.29. The number of imidazole rings is 2. The molecule has 6 nitrogen and oxygen atoms in total. The minimum absolute atomic E-state index is 0.0554. The number of aromatic nitrogens is 4. The van der Waals surface area contributed by atoms with E-state index in [0.717, 1.165) is 44.4 Å². The first kappa shape index (κ1) is 22.3. The molecule has 0 aliphatic carbocycles. The molecule has 0 aliphatic rings. The summed E-state index contributed by atoms with van der Waals surface area (Å²) in [6.45, 7) is 3.15. The minimum atomic E-state index is 0.0554. The van der Waals surface area contributed by atoms with Crippen LogP contribution in [-0.2, 0) is 9.59 Å². The number of hydrogen-bond donors (Lipinski definition) is 2. The van der Waals surface area contributed by atoms with Crippen LogP contribution in [-0.4, -0.2) is 31.0 Å². The predicted octanol–water partition coefficient (Wildman–Crippen LogP) is 4.99. The third-order valence-electron chi connectivity index (χ3n) is 5.42. The lowest BCUT2D eigenvalue weighted by Gasteiger charge is -2.07. The van der Waals surface area contributed by atoms with Crippen molar-refractivity contribution in [3.8, 4) is 33.6 Å². The molecule has 34 heavy (non-hydrogen) atoms. The van der Waals surface area contributed by atoms with Gasteiger partial charge in [0.05, 0.1) is 23.8 Å². The molecule has 2 N–H and O–H groups in total. The van der Waals surface area contributed by atoms with Crippen LogP contribution in [0.5, 0.6) is 0 Å². The van der Waals surface area contributed by atoms with Crippen LogP contribution in [0.2, 0.25) is 0 Å². The van der Waals surface area contributed by atoms with Crippen LogP contribution >= 0.6 is 17.2 Å². The van der Waals surface area contributed by atoms with E-state index in [-0.39, 0.29) is 28.2 Å². The van der Waals surface area contributed by atoms with Gasteiger partial charge in [0.15, 0.2) is 11.0 Å². The normalized spacial score (nSPS) is 11.8. The van der Waals surface area contributed by atoms with Gasteiger partial charge in [-0.15, -0.1) is 0 Å². The zero-order valence-corrected chi connectivity index (χ0v) is 20.6. The van der Waals surface area contributed by atoms with Crippen LogP contribution in [0.3, 0.4) is 0 Å². The molecule has 3 aromatic carbocycles. The molecular formula is C26H22N4O2P2. The highest BCUT2D eigenvalue weighted by atomic mass is 31.1. The van der Waals surface area contributed by atoms with Gasteiger partial charge in [0.2, 0.25) is 0 Å². The zero-order chi connectivity index (χ0) is 23.7. The molecule has 2 heterocycles. The quantitative estimate of drug-likeness (QED) is 0.319. The summed E-state index contributed by atoms with van der Waals surface area (Å²) in [6, 6.07) is 21.1. The van der Waals surface area contributed by atoms with Crippen molar-refractivity contribution in [2.45, 2.75) is 13.8 Å². The number of nitrogens with one attached hydrogen (secondary N) is 2. The first-order valence-electron chi connectivity index (χ1n) is 10.7. The molecule has 168 valence electrons. The van der Waals surface area contributed by atoms with Gasteiger partial charge in [0.25, 0.3) is 0 Å². The molecular weight excluding hydrogens is 462 g/mol. The van der Waals surface area contributed by atoms with Crippen LogP contribution in [0.4, 0.5) is 0 Å². The molecule has 0 saturated heterocycles. The standard InChI is InChI=1S/C26H22N4O2P2/c1-15(31)33-25-27-13-23(29-25)18-5-3-17(4-6-18)19-7-8-21-12-22(10-9-20(21)11-19)24-14-28-26(30-24)34-16(2)32/h3-14,33-34H,1-2H3,(H,27,29)(H,28,30). The fourth-order valence-electron chi connectivity index (χ4n) is 3.83. The Morgan fingerprint density at radius 1 is 0.618 bits per heavy atom. The predicted molar refractivity (Wildman–Crippen MR) is 142 cm³/mol. The number of aromatic amines is 2. The minimum Gasteiger partial charge on any atom is -0.338 e. The summed E-state index contributed by atoms with van der Waals surface area (Å²) >= 11 is 0. The van der Waals surface area contributed by atoms with Gasteiger partial charge in [-0.1, -0.05) is 48.5 Å². The number of carbonyl (C=O) groups excluding carboxylic acids is 2. The summed E-state index contributed by atoms with van der Waals surface area (Å²) in [4.78, 5) is 37.8. The molecule has 0 radical (unpaired) electrons. The molecule has 2 unspecified atom stereocenters. The van der Waals surface area contributed by atoms with Crippen molar-refractivity contribution in [1.82, 2.24) is 19.9 Å². The van der Waals surface area contributed by atoms with Gasteiger partial charge in [0.1, 0.15) is 11.1 Å². The van der Waals surface area contributed by atoms with E-state index in [0.29, 0.717) is 11.1 Å². The van der Waals surface area contributed by atoms with Crippen molar-refractivity contribution in [2.75, 3.05) is 0 Å². The Morgan fingerprint density at radius 2 is 1.06 bits per heavy atom. The lowest BCUT2D eigenvalue weighted by atomic mass is 9.98. The molecule has 8 heteroatoms. The van der Waals surface area contributed by atoms with Crippen molar-refractivity contribution in [3.63, 3.8) is 0 Å². The number of H-pyrrole nitrogens is 2. The smallest absolute Gasteiger partial charge is 0.155 e. The lowest BCUT2D eigenvalue weighted by molar-refractivity contribution is -0.110. The van der Waals surface area contributed by atoms with Crippen LogP contribution in [0.1, 0.15) is 13.8 Å². The molecule has 0 saturated carbocycles. The highest BCUT2D eigenvalue weighted by Gasteiger charge is 2.09. The van der Waals surface area contributed by atoms with Gasteiger partial charge in [-0.2, -0.15) is 0 Å². The second-order valence-electron chi connectivity index (χ2n) is 8.01. The maximum Gasteiger partial charge on any atom is 0.155 e. The molecule has 0 aliphatic heterocycles. The number of nitrogens with zero attached hydrogens (tertiary/aromatic N) is 2. The maximum absolute atomic E-state index is 11.3. The van der Waals surface area contributed by atoms with E-state index in [1.807, 2.05) is 0 Å². The second-order valence-corrected chi connectivity index (χ2v) is 10.9. The fourth-order valence-corrected chi connectivity index (χ4v) is 5.15. The van der Waals surface area contributed by atoms with Crippen molar-refractivity contribution in [1.29, 1.82) is 0 Å². The Morgan fingerprint density at radius 3 is 1.62 bits per heavy atom. The van der Waals surface area contributed by atoms with E-state index < -0.39 is 0 Å². The number of carbonyl (C=O) groups is 2. The lowest BCUT2D eigenvalue weighted by Crippen LogP contribution is -2.01. The first-order valence-corrected chi connectivity index (χ1v) is 12.7. The number of hydrogen-bond acceptors (Lipinski definition) is 4. The summed E-state index contributed by atoms with van der Waals surface area (Å²) < 4.78 is 0.